The molecule has 2 heterocycles. The highest BCUT2D eigenvalue weighted by Crippen LogP contribution is 2.34. The fourth-order valence-electron chi connectivity index (χ4n) is 5.58. The van der Waals surface area contributed by atoms with Gasteiger partial charge >= 0.3 is 0 Å². The molecule has 0 spiro atoms. The van der Waals surface area contributed by atoms with E-state index in [-0.39, 0.29) is 44.3 Å². The van der Waals surface area contributed by atoms with Crippen LogP contribution in [0.1, 0.15) is 35.2 Å². The lowest BCUT2D eigenvalue weighted by Crippen LogP contribution is -2.51. The van der Waals surface area contributed by atoms with Crippen LogP contribution < -0.4 is 21.3 Å². The number of hydrogen-bond acceptors (Lipinski definition) is 6. The van der Waals surface area contributed by atoms with Crippen LogP contribution in [0.2, 0.25) is 5.02 Å². The van der Waals surface area contributed by atoms with Crippen LogP contribution in [0.15, 0.2) is 60.7 Å². The number of nitrogens with zero attached hydrogens (tertiary/aromatic N) is 2. The lowest BCUT2D eigenvalue weighted by Gasteiger charge is -2.26. The number of carbonyl (C=O) groups excluding carboxylic acids is 4. The summed E-state index contributed by atoms with van der Waals surface area (Å²) in [6.45, 7) is 0.444. The van der Waals surface area contributed by atoms with Gasteiger partial charge in [-0.25, -0.2) is 0 Å². The van der Waals surface area contributed by atoms with Gasteiger partial charge in [0.1, 0.15) is 12.1 Å². The molecule has 2 aliphatic heterocycles. The van der Waals surface area contributed by atoms with E-state index in [2.05, 4.69) is 10.6 Å². The normalized spacial score (nSPS) is 17.8. The van der Waals surface area contributed by atoms with Gasteiger partial charge in [0.2, 0.25) is 17.7 Å². The number of halogens is 1. The van der Waals surface area contributed by atoms with Crippen LogP contribution in [-0.2, 0) is 20.8 Å². The Hall–Kier alpha value is -3.99. The number of hydrogen-bond donors (Lipinski definition) is 4. The second-order valence-corrected chi connectivity index (χ2v) is 11.1. The largest absolute Gasteiger partial charge is 0.390 e. The number of aliphatic hydroxyl groups is 1. The SMILES string of the molecule is NCC(O)CNC(=O)[C@@H](Cc1ccc2ccccc2c1)NC(=O)CCN1C(=O)C2CCCN2C(=O)c2cc(Cl)ccc21. The lowest BCUT2D eigenvalue weighted by atomic mass is 10.0. The molecule has 42 heavy (non-hydrogen) atoms. The molecule has 5 rings (SSSR count). The Morgan fingerprint density at radius 2 is 1.86 bits per heavy atom. The zero-order chi connectivity index (χ0) is 29.8. The highest BCUT2D eigenvalue weighted by atomic mass is 35.5. The minimum atomic E-state index is -0.929. The molecule has 3 aromatic carbocycles. The number of carbonyl (C=O) groups is 4. The minimum Gasteiger partial charge on any atom is -0.390 e. The van der Waals surface area contributed by atoms with Crippen LogP contribution in [0.25, 0.3) is 10.8 Å². The van der Waals surface area contributed by atoms with Crippen molar-refractivity contribution in [1.29, 1.82) is 0 Å². The molecule has 2 unspecified atom stereocenters. The number of amides is 4. The van der Waals surface area contributed by atoms with E-state index in [0.717, 1.165) is 22.8 Å². The van der Waals surface area contributed by atoms with E-state index in [0.29, 0.717) is 29.2 Å². The van der Waals surface area contributed by atoms with Gasteiger partial charge in [0.25, 0.3) is 5.91 Å². The average molecular weight is 592 g/mol. The maximum Gasteiger partial charge on any atom is 0.256 e. The van der Waals surface area contributed by atoms with Crippen LogP contribution in [0.3, 0.4) is 0 Å². The third-order valence-corrected chi connectivity index (χ3v) is 8.03. The molecule has 220 valence electrons. The van der Waals surface area contributed by atoms with E-state index in [1.54, 1.807) is 23.1 Å². The molecular formula is C31H34ClN5O5. The first-order chi connectivity index (χ1) is 20.2. The van der Waals surface area contributed by atoms with Crippen LogP contribution in [0.4, 0.5) is 5.69 Å². The molecule has 0 radical (unpaired) electrons. The first-order valence-corrected chi connectivity index (χ1v) is 14.5. The van der Waals surface area contributed by atoms with Gasteiger partial charge in [-0.05, 0) is 47.4 Å². The predicted molar refractivity (Wildman–Crippen MR) is 160 cm³/mol. The topological polar surface area (TPSA) is 145 Å². The maximum absolute atomic E-state index is 13.6. The highest BCUT2D eigenvalue weighted by molar-refractivity contribution is 6.31. The predicted octanol–water partition coefficient (Wildman–Crippen LogP) is 2.00. The van der Waals surface area contributed by atoms with E-state index in [1.807, 2.05) is 42.5 Å². The summed E-state index contributed by atoms with van der Waals surface area (Å²) < 4.78 is 0. The molecule has 4 amide bonds. The summed E-state index contributed by atoms with van der Waals surface area (Å²) in [5, 5.41) is 17.8. The lowest BCUT2D eigenvalue weighted by molar-refractivity contribution is -0.129. The molecule has 3 aromatic rings. The van der Waals surface area contributed by atoms with Gasteiger partial charge < -0.3 is 31.3 Å². The van der Waals surface area contributed by atoms with Crippen molar-refractivity contribution in [3.63, 3.8) is 0 Å². The Kier molecular flexibility index (Phi) is 9.06. The molecule has 2 aliphatic rings. The summed E-state index contributed by atoms with van der Waals surface area (Å²) in [4.78, 5) is 56.2. The third-order valence-electron chi connectivity index (χ3n) is 7.80. The van der Waals surface area contributed by atoms with Crippen LogP contribution in [-0.4, -0.2) is 78.0 Å². The van der Waals surface area contributed by atoms with Crippen molar-refractivity contribution in [3.8, 4) is 0 Å². The average Bonchev–Trinajstić information content (AvgIpc) is 3.47. The summed E-state index contributed by atoms with van der Waals surface area (Å²) in [6, 6.07) is 17.0. The zero-order valence-corrected chi connectivity index (χ0v) is 23.8. The molecule has 10 nitrogen and oxygen atoms in total. The Morgan fingerprint density at radius 3 is 2.64 bits per heavy atom. The van der Waals surface area contributed by atoms with E-state index >= 15 is 0 Å². The van der Waals surface area contributed by atoms with E-state index < -0.39 is 30.0 Å². The number of anilines is 1. The van der Waals surface area contributed by atoms with Gasteiger partial charge in [-0.2, -0.15) is 0 Å². The van der Waals surface area contributed by atoms with Gasteiger partial charge in [-0.1, -0.05) is 54.1 Å². The van der Waals surface area contributed by atoms with Gasteiger partial charge in [-0.15, -0.1) is 0 Å². The summed E-state index contributed by atoms with van der Waals surface area (Å²) >= 11 is 6.19. The molecule has 1 fully saturated rings. The molecule has 3 atom stereocenters. The van der Waals surface area contributed by atoms with Gasteiger partial charge in [0.05, 0.1) is 17.4 Å². The van der Waals surface area contributed by atoms with Crippen molar-refractivity contribution in [1.82, 2.24) is 15.5 Å². The fraction of sp³-hybridized carbons (Fsp3) is 0.355. The first-order valence-electron chi connectivity index (χ1n) is 14.1. The van der Waals surface area contributed by atoms with Crippen molar-refractivity contribution >= 4 is 51.7 Å². The summed E-state index contributed by atoms with van der Waals surface area (Å²) in [7, 11) is 0. The van der Waals surface area contributed by atoms with Gasteiger partial charge in [0.15, 0.2) is 0 Å². The second kappa shape index (κ2) is 12.9. The third kappa shape index (κ3) is 6.41. The monoisotopic (exact) mass is 591 g/mol. The zero-order valence-electron chi connectivity index (χ0n) is 23.1. The van der Waals surface area contributed by atoms with Crippen molar-refractivity contribution in [2.24, 2.45) is 5.73 Å². The second-order valence-electron chi connectivity index (χ2n) is 10.7. The Morgan fingerprint density at radius 1 is 1.07 bits per heavy atom. The van der Waals surface area contributed by atoms with Gasteiger partial charge in [0, 0.05) is 44.0 Å². The van der Waals surface area contributed by atoms with Crippen LogP contribution >= 0.6 is 11.6 Å². The van der Waals surface area contributed by atoms with E-state index in [4.69, 9.17) is 17.3 Å². The standard InChI is InChI=1S/C31H34ClN5O5/c32-22-9-10-26-24(16-22)30(41)36-12-3-6-27(36)31(42)37(26)13-11-28(39)35-25(29(40)34-18-23(38)17-33)15-19-7-8-20-4-1-2-5-21(20)14-19/h1-2,4-5,7-10,14,16,23,25,27,38H,3,6,11-13,15,17-18,33H2,(H,34,40)(H,35,39)/t23?,25-,27?/m1/s1. The van der Waals surface area contributed by atoms with Crippen molar-refractivity contribution in [3.05, 3.63) is 76.8 Å². The van der Waals surface area contributed by atoms with Gasteiger partial charge in [-0.3, -0.25) is 19.2 Å². The highest BCUT2D eigenvalue weighted by Gasteiger charge is 2.42. The fourth-order valence-corrected chi connectivity index (χ4v) is 5.75. The van der Waals surface area contributed by atoms with Crippen molar-refractivity contribution < 1.29 is 24.3 Å². The van der Waals surface area contributed by atoms with Crippen LogP contribution in [0, 0.1) is 0 Å². The Bertz CT molecular complexity index is 1510. The molecule has 0 bridgehead atoms. The number of fused-ring (bicyclic) bond motifs is 3. The Labute approximate surface area is 248 Å². The molecule has 0 saturated carbocycles. The summed E-state index contributed by atoms with van der Waals surface area (Å²) in [5.41, 5.74) is 7.06. The van der Waals surface area contributed by atoms with Crippen molar-refractivity contribution in [2.45, 2.75) is 43.9 Å². The smallest absolute Gasteiger partial charge is 0.256 e. The number of benzene rings is 3. The maximum atomic E-state index is 13.6. The minimum absolute atomic E-state index is 0.0144. The summed E-state index contributed by atoms with van der Waals surface area (Å²) in [5.74, 6) is -1.38. The van der Waals surface area contributed by atoms with E-state index in [9.17, 15) is 24.3 Å². The number of aliphatic hydroxyl groups excluding tert-OH is 1. The first kappa shape index (κ1) is 29.5. The number of rotatable bonds is 10. The quantitative estimate of drug-likeness (QED) is 0.284. The molecule has 0 aromatic heterocycles. The van der Waals surface area contributed by atoms with E-state index in [1.165, 1.54) is 4.90 Å². The molecule has 0 aliphatic carbocycles. The summed E-state index contributed by atoms with van der Waals surface area (Å²) in [6.07, 6.45) is 0.485. The molecule has 11 heteroatoms. The van der Waals surface area contributed by atoms with Crippen molar-refractivity contribution in [2.75, 3.05) is 31.1 Å². The molecular weight excluding hydrogens is 558 g/mol. The molecule has 5 N–H and O–H groups in total. The number of nitrogens with two attached hydrogens (primary N) is 1. The molecule has 1 saturated heterocycles. The number of nitrogens with one attached hydrogen (secondary N) is 2. The Balaban J connectivity index is 1.32. The van der Waals surface area contributed by atoms with Crippen LogP contribution in [0.5, 0.6) is 0 Å².